The molecule has 38 heavy (non-hydrogen) atoms. The Kier molecular flexibility index (Phi) is 8.36. The van der Waals surface area contributed by atoms with Crippen molar-refractivity contribution in [1.82, 2.24) is 10.0 Å². The standard InChI is InChI=1S/C26H26F5N3O3S/c27-18-8-4-16(5-9-18)24(17-6-10-19(28)11-7-17)33-22-2-1-3-23(25(22)35)34-38(32,36)21-14-12-20(13-15-21)37-26(29,30)31/h4-15,22-25,33,35H,1-3H2,(H2,32,34,36). The second-order valence-corrected chi connectivity index (χ2v) is 10.8. The zero-order valence-electron chi connectivity index (χ0n) is 19.9. The number of alkyl halides is 3. The van der Waals surface area contributed by atoms with Crippen LogP contribution in [0.4, 0.5) is 22.0 Å². The highest BCUT2D eigenvalue weighted by Crippen LogP contribution is 2.29. The Balaban J connectivity index is 1.50. The first kappa shape index (κ1) is 28.0. The topological polar surface area (TPSA) is 94.4 Å². The molecule has 4 rings (SSSR count). The summed E-state index contributed by atoms with van der Waals surface area (Å²) >= 11 is 0. The summed E-state index contributed by atoms with van der Waals surface area (Å²) in [7, 11) is -3.68. The van der Waals surface area contributed by atoms with E-state index in [4.69, 9.17) is 4.78 Å². The van der Waals surface area contributed by atoms with Gasteiger partial charge in [0.05, 0.1) is 17.0 Å². The van der Waals surface area contributed by atoms with Gasteiger partial charge in [-0.25, -0.2) is 22.5 Å². The molecular weight excluding hydrogens is 529 g/mol. The van der Waals surface area contributed by atoms with E-state index in [1.807, 2.05) is 0 Å². The van der Waals surface area contributed by atoms with Gasteiger partial charge in [-0.3, -0.25) is 0 Å². The predicted molar refractivity (Wildman–Crippen MR) is 131 cm³/mol. The Hall–Kier alpha value is -3.06. The highest BCUT2D eigenvalue weighted by molar-refractivity contribution is 7.90. The number of halogens is 5. The summed E-state index contributed by atoms with van der Waals surface area (Å²) in [6.07, 6.45) is -4.41. The Morgan fingerprint density at radius 1 is 0.868 bits per heavy atom. The van der Waals surface area contributed by atoms with Gasteiger partial charge < -0.3 is 15.2 Å². The van der Waals surface area contributed by atoms with Crippen LogP contribution in [0.1, 0.15) is 36.4 Å². The summed E-state index contributed by atoms with van der Waals surface area (Å²) in [5.41, 5.74) is 1.37. The smallest absolute Gasteiger partial charge is 0.406 e. The molecule has 0 amide bonds. The predicted octanol–water partition coefficient (Wildman–Crippen LogP) is 5.43. The summed E-state index contributed by atoms with van der Waals surface area (Å²) < 4.78 is 92.2. The van der Waals surface area contributed by atoms with E-state index in [-0.39, 0.29) is 4.90 Å². The summed E-state index contributed by atoms with van der Waals surface area (Å²) in [5.74, 6) is -1.35. The lowest BCUT2D eigenvalue weighted by molar-refractivity contribution is -0.274. The number of nitrogens with one attached hydrogen (secondary N) is 3. The van der Waals surface area contributed by atoms with Crippen LogP contribution in [0.15, 0.2) is 77.7 Å². The van der Waals surface area contributed by atoms with Crippen molar-refractivity contribution in [2.24, 2.45) is 0 Å². The fraction of sp³-hybridized carbons (Fsp3) is 0.308. The minimum absolute atomic E-state index is 0.0650. The molecule has 1 aliphatic carbocycles. The maximum atomic E-state index is 13.5. The van der Waals surface area contributed by atoms with Gasteiger partial charge in [-0.15, -0.1) is 13.2 Å². The third-order valence-electron chi connectivity index (χ3n) is 6.35. The number of aliphatic hydroxyl groups is 1. The van der Waals surface area contributed by atoms with Gasteiger partial charge in [0.1, 0.15) is 27.3 Å². The third kappa shape index (κ3) is 7.07. The number of hydrogen-bond donors (Lipinski definition) is 4. The van der Waals surface area contributed by atoms with Crippen LogP contribution in [-0.2, 0) is 9.92 Å². The molecule has 3 aromatic rings. The van der Waals surface area contributed by atoms with Crippen LogP contribution in [0, 0.1) is 16.4 Å². The highest BCUT2D eigenvalue weighted by Gasteiger charge is 2.36. The molecule has 204 valence electrons. The van der Waals surface area contributed by atoms with Crippen LogP contribution in [0.5, 0.6) is 5.75 Å². The summed E-state index contributed by atoms with van der Waals surface area (Å²) in [4.78, 5) is -0.0650. The highest BCUT2D eigenvalue weighted by atomic mass is 32.2. The van der Waals surface area contributed by atoms with Crippen molar-refractivity contribution < 1.29 is 36.0 Å². The minimum Gasteiger partial charge on any atom is -0.406 e. The van der Waals surface area contributed by atoms with Gasteiger partial charge in [0.25, 0.3) is 0 Å². The van der Waals surface area contributed by atoms with Gasteiger partial charge >= 0.3 is 6.36 Å². The van der Waals surface area contributed by atoms with E-state index in [0.29, 0.717) is 30.4 Å². The van der Waals surface area contributed by atoms with Crippen molar-refractivity contribution in [3.05, 3.63) is 95.6 Å². The van der Waals surface area contributed by atoms with Crippen LogP contribution in [0.2, 0.25) is 0 Å². The average Bonchev–Trinajstić information content (AvgIpc) is 2.85. The molecule has 0 bridgehead atoms. The van der Waals surface area contributed by atoms with E-state index >= 15 is 0 Å². The number of hydrogen-bond acceptors (Lipinski definition) is 5. The average molecular weight is 556 g/mol. The van der Waals surface area contributed by atoms with Crippen molar-refractivity contribution in [2.75, 3.05) is 0 Å². The Morgan fingerprint density at radius 3 is 1.87 bits per heavy atom. The SMILES string of the molecule is N=S(=O)(NC1CCCC(NC(c2ccc(F)cc2)c2ccc(F)cc2)C1O)c1ccc(OC(F)(F)F)cc1. The van der Waals surface area contributed by atoms with Crippen molar-refractivity contribution >= 4 is 9.92 Å². The van der Waals surface area contributed by atoms with E-state index in [1.54, 1.807) is 24.3 Å². The lowest BCUT2D eigenvalue weighted by atomic mass is 9.87. The molecule has 0 aliphatic heterocycles. The molecule has 1 aliphatic rings. The zero-order valence-corrected chi connectivity index (χ0v) is 20.7. The molecule has 12 heteroatoms. The van der Waals surface area contributed by atoms with Crippen LogP contribution in [0.3, 0.4) is 0 Å². The normalized spacial score (nSPS) is 21.7. The molecule has 6 nitrogen and oxygen atoms in total. The largest absolute Gasteiger partial charge is 0.573 e. The third-order valence-corrected chi connectivity index (χ3v) is 7.92. The van der Waals surface area contributed by atoms with Gasteiger partial charge in [-0.1, -0.05) is 30.7 Å². The van der Waals surface area contributed by atoms with E-state index < -0.39 is 57.9 Å². The van der Waals surface area contributed by atoms with E-state index in [9.17, 15) is 31.3 Å². The first-order valence-corrected chi connectivity index (χ1v) is 13.3. The van der Waals surface area contributed by atoms with Gasteiger partial charge in [0, 0.05) is 12.1 Å². The number of ether oxygens (including phenoxy) is 1. The van der Waals surface area contributed by atoms with Crippen LogP contribution in [0.25, 0.3) is 0 Å². The summed E-state index contributed by atoms with van der Waals surface area (Å²) in [6, 6.07) is 13.9. The van der Waals surface area contributed by atoms with E-state index in [2.05, 4.69) is 14.8 Å². The van der Waals surface area contributed by atoms with E-state index in [1.165, 1.54) is 24.3 Å². The first-order chi connectivity index (χ1) is 17.9. The molecule has 4 unspecified atom stereocenters. The van der Waals surface area contributed by atoms with Crippen LogP contribution >= 0.6 is 0 Å². The Bertz CT molecular complexity index is 1270. The van der Waals surface area contributed by atoms with Crippen molar-refractivity contribution in [1.29, 1.82) is 4.78 Å². The van der Waals surface area contributed by atoms with Crippen molar-refractivity contribution in [3.63, 3.8) is 0 Å². The minimum atomic E-state index is -4.88. The van der Waals surface area contributed by atoms with Gasteiger partial charge in [0.15, 0.2) is 0 Å². The first-order valence-electron chi connectivity index (χ1n) is 11.8. The Labute approximate surface area is 216 Å². The number of benzene rings is 3. The molecule has 0 saturated heterocycles. The van der Waals surface area contributed by atoms with E-state index in [0.717, 1.165) is 24.3 Å². The van der Waals surface area contributed by atoms with Gasteiger partial charge in [-0.2, -0.15) is 0 Å². The van der Waals surface area contributed by atoms with Crippen molar-refractivity contribution in [3.8, 4) is 5.75 Å². The molecule has 4 atom stereocenters. The second-order valence-electron chi connectivity index (χ2n) is 9.03. The monoisotopic (exact) mass is 555 g/mol. The Morgan fingerprint density at radius 2 is 1.37 bits per heavy atom. The number of aliphatic hydroxyl groups excluding tert-OH is 1. The maximum Gasteiger partial charge on any atom is 0.573 e. The summed E-state index contributed by atoms with van der Waals surface area (Å²) in [5, 5.41) is 14.5. The fourth-order valence-electron chi connectivity index (χ4n) is 4.51. The molecular formula is C26H26F5N3O3S. The molecule has 0 aromatic heterocycles. The fourth-order valence-corrected chi connectivity index (χ4v) is 5.85. The second kappa shape index (κ2) is 11.4. The summed E-state index contributed by atoms with van der Waals surface area (Å²) in [6.45, 7) is 0. The molecule has 4 N–H and O–H groups in total. The van der Waals surface area contributed by atoms with Crippen LogP contribution < -0.4 is 14.8 Å². The van der Waals surface area contributed by atoms with Crippen molar-refractivity contribution in [2.45, 2.75) is 54.7 Å². The maximum absolute atomic E-state index is 13.5. The lowest BCUT2D eigenvalue weighted by Crippen LogP contribution is -2.55. The lowest BCUT2D eigenvalue weighted by Gasteiger charge is -2.38. The van der Waals surface area contributed by atoms with Gasteiger partial charge in [-0.05, 0) is 72.5 Å². The molecule has 0 heterocycles. The molecule has 3 aromatic carbocycles. The quantitative estimate of drug-likeness (QED) is 0.279. The molecule has 0 radical (unpaired) electrons. The molecule has 1 saturated carbocycles. The zero-order chi connectivity index (χ0) is 27.5. The molecule has 0 spiro atoms. The van der Waals surface area contributed by atoms with Crippen LogP contribution in [-0.4, -0.2) is 33.9 Å². The molecule has 1 fully saturated rings. The van der Waals surface area contributed by atoms with Gasteiger partial charge in [0.2, 0.25) is 0 Å². The number of rotatable bonds is 8.